The third-order valence-electron chi connectivity index (χ3n) is 25.0. The van der Waals surface area contributed by atoms with Gasteiger partial charge in [0, 0.05) is 209 Å². The van der Waals surface area contributed by atoms with E-state index >= 15 is 0 Å². The average molecular weight is 2550 g/mol. The van der Waals surface area contributed by atoms with Crippen LogP contribution >= 0.6 is 0 Å². The molecule has 0 spiro atoms. The summed E-state index contributed by atoms with van der Waals surface area (Å²) < 4.78 is 11.3. The Morgan fingerprint density at radius 3 is 1.01 bits per heavy atom. The Bertz CT molecular complexity index is 6900. The van der Waals surface area contributed by atoms with Crippen molar-refractivity contribution in [1.82, 2.24) is 62.7 Å². The first-order valence-corrected chi connectivity index (χ1v) is 47.5. The first kappa shape index (κ1) is 106. The van der Waals surface area contributed by atoms with Gasteiger partial charge in [-0.05, 0) is 177 Å². The Kier molecular flexibility index (Phi) is 36.7. The average Bonchev–Trinajstić information content (AvgIpc) is 1.61. The molecule has 0 saturated heterocycles. The molecule has 8 aromatic heterocycles. The van der Waals surface area contributed by atoms with Gasteiger partial charge in [-0.1, -0.05) is 186 Å². The number of nitrogens with zero attached hydrogens (tertiary/aromatic N) is 15. The van der Waals surface area contributed by atoms with Crippen LogP contribution in [0.1, 0.15) is 219 Å². The van der Waals surface area contributed by atoms with Crippen molar-refractivity contribution in [3.8, 4) is 96.2 Å². The number of aromatic nitrogens is 13. The number of hydrogen-bond acceptors (Lipinski definition) is 10. The van der Waals surface area contributed by atoms with Gasteiger partial charge in [0.2, 0.25) is 0 Å². The second-order valence-corrected chi connectivity index (χ2v) is 37.6. The Balaban J connectivity index is 0.000000158. The van der Waals surface area contributed by atoms with E-state index in [0.29, 0.717) is 47.3 Å². The van der Waals surface area contributed by atoms with Crippen LogP contribution in [0.25, 0.3) is 118 Å². The SMILES string of the molecule is CC(C)c1cc(-n2c3ccccc3c3ccccc32)cc(C(C)C)c1-n1ccnc1-c1[c-]cccc1.CN1[CH-]N(c2[c-]cccc2)c2ccccc21.Cc1c[c-]c(-c2nccn2-c2c(C(C)C)cc(-c3cccnc3)cc2C(C)C)cc1.Cc1c[c-]c(-c2nccn2-c2c(C(C)C)cc(-c3cncnc3)cc2C(C)C)cc1.Cc1c[c-]c(-c2nccn2-c2c(C(C)C)cncc2C(C)C)cc1.[Ir+3].[Ir].[Ir].[Ir]. The molecule has 0 N–H and O–H groups in total. The molecule has 20 rings (SSSR count). The van der Waals surface area contributed by atoms with Crippen molar-refractivity contribution >= 4 is 38.9 Å². The zero-order valence-corrected chi connectivity index (χ0v) is 92.8. The molecule has 19 aromatic rings. The first-order chi connectivity index (χ1) is 65.8. The van der Waals surface area contributed by atoms with E-state index in [1.807, 2.05) is 129 Å². The van der Waals surface area contributed by atoms with Gasteiger partial charge in [-0.25, -0.2) is 9.97 Å². The van der Waals surface area contributed by atoms with E-state index < -0.39 is 0 Å². The zero-order chi connectivity index (χ0) is 95.5. The van der Waals surface area contributed by atoms with Crippen LogP contribution in [-0.2, 0) is 80.4 Å². The van der Waals surface area contributed by atoms with Crippen molar-refractivity contribution in [3.63, 3.8) is 0 Å². The quantitative estimate of drug-likeness (QED) is 0.0679. The van der Waals surface area contributed by atoms with E-state index in [1.165, 1.54) is 128 Å². The molecule has 0 atom stereocenters. The summed E-state index contributed by atoms with van der Waals surface area (Å²) >= 11 is 0. The molecule has 19 heteroatoms. The van der Waals surface area contributed by atoms with E-state index in [-0.39, 0.29) is 80.4 Å². The van der Waals surface area contributed by atoms with Crippen molar-refractivity contribution in [3.05, 3.63) is 416 Å². The van der Waals surface area contributed by atoms with Gasteiger partial charge in [0.1, 0.15) is 6.33 Å². The Labute approximate surface area is 882 Å². The number of benzene rings is 11. The summed E-state index contributed by atoms with van der Waals surface area (Å²) in [5.74, 6) is 6.56. The Hall–Kier alpha value is -12.4. The van der Waals surface area contributed by atoms with Crippen molar-refractivity contribution < 1.29 is 80.4 Å². The molecule has 719 valence electrons. The van der Waals surface area contributed by atoms with Crippen LogP contribution in [-0.4, -0.2) is 69.8 Å². The Morgan fingerprint density at radius 1 is 0.300 bits per heavy atom. The van der Waals surface area contributed by atoms with Gasteiger partial charge in [-0.3, -0.25) is 29.9 Å². The molecule has 1 aliphatic rings. The maximum atomic E-state index is 4.74. The van der Waals surface area contributed by atoms with Crippen molar-refractivity contribution in [2.24, 2.45) is 0 Å². The third kappa shape index (κ3) is 23.4. The molecule has 3 radical (unpaired) electrons. The van der Waals surface area contributed by atoms with Gasteiger partial charge < -0.3 is 32.6 Å². The Morgan fingerprint density at radius 2 is 0.650 bits per heavy atom. The van der Waals surface area contributed by atoms with Crippen LogP contribution in [0.2, 0.25) is 0 Å². The fourth-order valence-corrected chi connectivity index (χ4v) is 17.9. The van der Waals surface area contributed by atoms with E-state index in [1.54, 1.807) is 6.33 Å². The van der Waals surface area contributed by atoms with E-state index in [9.17, 15) is 0 Å². The zero-order valence-electron chi connectivity index (χ0n) is 83.3. The summed E-state index contributed by atoms with van der Waals surface area (Å²) in [7, 11) is 2.06. The molecular weight excluding hydrogens is 2430 g/mol. The van der Waals surface area contributed by atoms with Gasteiger partial charge >= 0.3 is 20.1 Å². The molecule has 1 aliphatic heterocycles. The molecule has 0 fully saturated rings. The first-order valence-electron chi connectivity index (χ1n) is 47.5. The number of fused-ring (bicyclic) bond motifs is 4. The fourth-order valence-electron chi connectivity index (χ4n) is 17.9. The smallest absolute Gasteiger partial charge is 0.504 e. The third-order valence-corrected chi connectivity index (χ3v) is 25.0. The second kappa shape index (κ2) is 48.2. The molecular formula is C121H121Ir4N15-3. The van der Waals surface area contributed by atoms with Crippen molar-refractivity contribution in [1.29, 1.82) is 0 Å². The normalized spacial score (nSPS) is 11.5. The fraction of sp³-hybridized carbons (Fsp3) is 0.231. The van der Waals surface area contributed by atoms with Gasteiger partial charge in [0.05, 0.1) is 34.3 Å². The molecule has 9 heterocycles. The molecule has 0 saturated carbocycles. The standard InChI is InChI=1S/C33H30N3.C27H28N3.C26H27N4.C21H24N3.C14H12N2.4Ir/c1-22(2)28-20-25(36-30-16-10-8-14-26(30)27-15-9-11-17-31(27)36)21-29(23(3)4)32(28)35-19-18-34-33(35)24-12-6-5-7-13-24;1-18(2)24-15-23(22-7-6-12-28-17-22)16-25(19(3)4)26(24)30-14-13-29-27(30)21-10-8-20(5)9-11-21;1-17(2)23-12-21(22-14-27-16-28-15-22)13-24(18(3)4)25(23)30-11-10-29-26(30)20-8-6-19(5)7-9-20;1-14(2)18-12-22-13-19(15(3)4)20(18)24-11-10-23-21(24)17-8-6-16(5)7-9-17;1-15-11-16(12-7-3-2-4-8-12)14-10-6-5-9-13(14)15;;;;/h5-12,14-23H,1-4H3;6-10,12-19H,1-5H3;6-8,10-18H,1-5H3;6-8,10-15H,1-5H3;2-7,9-11H,1H3;;;;/q4*-1;-2;;;;+3. The monoisotopic (exact) mass is 2560 g/mol. The predicted molar refractivity (Wildman–Crippen MR) is 561 cm³/mol. The van der Waals surface area contributed by atoms with Gasteiger partial charge in [0.15, 0.2) is 0 Å². The summed E-state index contributed by atoms with van der Waals surface area (Å²) in [6.45, 7) is 44.2. The second-order valence-electron chi connectivity index (χ2n) is 37.6. The molecule has 15 nitrogen and oxygen atoms in total. The number of aryl methyl sites for hydroxylation is 3. The van der Waals surface area contributed by atoms with Crippen LogP contribution in [0.3, 0.4) is 0 Å². The van der Waals surface area contributed by atoms with Crippen LogP contribution in [0.5, 0.6) is 0 Å². The molecule has 11 aromatic carbocycles. The largest absolute Gasteiger partial charge is 3.00 e. The predicted octanol–water partition coefficient (Wildman–Crippen LogP) is 30.5. The molecule has 0 amide bonds. The topological polar surface area (TPSA) is 134 Å². The maximum absolute atomic E-state index is 4.74. The number of anilines is 3. The minimum Gasteiger partial charge on any atom is -0.504 e. The number of rotatable bonds is 20. The minimum atomic E-state index is 0. The van der Waals surface area contributed by atoms with Crippen molar-refractivity contribution in [2.75, 3.05) is 16.8 Å². The van der Waals surface area contributed by atoms with Crippen LogP contribution in [0.4, 0.5) is 17.1 Å². The van der Waals surface area contributed by atoms with Gasteiger partial charge in [-0.2, -0.15) is 37.0 Å². The summed E-state index contributed by atoms with van der Waals surface area (Å²) in [4.78, 5) is 40.2. The molecule has 140 heavy (non-hydrogen) atoms. The molecule has 0 unspecified atom stereocenters. The number of imidazole rings is 4. The molecule has 0 bridgehead atoms. The summed E-state index contributed by atoms with van der Waals surface area (Å²) in [5, 5.41) is 2.57. The van der Waals surface area contributed by atoms with E-state index in [0.717, 1.165) is 67.9 Å². The minimum absolute atomic E-state index is 0. The van der Waals surface area contributed by atoms with Gasteiger partial charge in [-0.15, -0.1) is 148 Å². The van der Waals surface area contributed by atoms with Crippen molar-refractivity contribution in [2.45, 2.75) is 179 Å². The molecule has 0 aliphatic carbocycles. The van der Waals surface area contributed by atoms with E-state index in [4.69, 9.17) is 9.97 Å². The number of para-hydroxylation sites is 5. The summed E-state index contributed by atoms with van der Waals surface area (Å²) in [6, 6.07) is 95.3. The van der Waals surface area contributed by atoms with E-state index in [2.05, 4.69) is 421 Å². The summed E-state index contributed by atoms with van der Waals surface area (Å²) in [6.07, 6.45) is 28.8. The van der Waals surface area contributed by atoms with Crippen LogP contribution in [0.15, 0.2) is 318 Å². The van der Waals surface area contributed by atoms with Crippen LogP contribution in [0, 0.1) is 57.8 Å². The number of pyridine rings is 2. The summed E-state index contributed by atoms with van der Waals surface area (Å²) in [5.41, 5.74) is 34.5. The maximum Gasteiger partial charge on any atom is 3.00 e. The van der Waals surface area contributed by atoms with Gasteiger partial charge in [0.25, 0.3) is 0 Å². The van der Waals surface area contributed by atoms with Crippen LogP contribution < -0.4 is 9.80 Å². The number of hydrogen-bond donors (Lipinski definition) is 0.